The normalized spacial score (nSPS) is 16.0. The second-order valence-corrected chi connectivity index (χ2v) is 8.94. The zero-order chi connectivity index (χ0) is 19.3. The van der Waals surface area contributed by atoms with Gasteiger partial charge < -0.3 is 4.74 Å². The number of nitrogens with zero attached hydrogens (tertiary/aromatic N) is 2. The summed E-state index contributed by atoms with van der Waals surface area (Å²) in [6.07, 6.45) is 1.04. The first-order chi connectivity index (χ1) is 13.0. The maximum Gasteiger partial charge on any atom is 0.243 e. The van der Waals surface area contributed by atoms with Crippen molar-refractivity contribution in [2.45, 2.75) is 31.3 Å². The van der Waals surface area contributed by atoms with Crippen LogP contribution < -0.4 is 0 Å². The average Bonchev–Trinajstić information content (AvgIpc) is 2.69. The molecule has 0 aromatic heterocycles. The average molecular weight is 389 g/mol. The molecule has 0 saturated carbocycles. The summed E-state index contributed by atoms with van der Waals surface area (Å²) >= 11 is 0. The molecule has 0 unspecified atom stereocenters. The zero-order valence-corrected chi connectivity index (χ0v) is 16.9. The van der Waals surface area contributed by atoms with Crippen LogP contribution in [0, 0.1) is 0 Å². The highest BCUT2D eigenvalue weighted by atomic mass is 32.2. The summed E-state index contributed by atoms with van der Waals surface area (Å²) in [5, 5.41) is 0. The highest BCUT2D eigenvalue weighted by Gasteiger charge is 2.26. The lowest BCUT2D eigenvalue weighted by atomic mass is 10.1. The molecule has 1 heterocycles. The molecule has 0 amide bonds. The Kier molecular flexibility index (Phi) is 6.65. The Morgan fingerprint density at radius 1 is 0.963 bits per heavy atom. The van der Waals surface area contributed by atoms with Crippen molar-refractivity contribution < 1.29 is 13.2 Å². The zero-order valence-electron chi connectivity index (χ0n) is 16.1. The Hall–Kier alpha value is -1.73. The lowest BCUT2D eigenvalue weighted by Gasteiger charge is -2.26. The van der Waals surface area contributed by atoms with Crippen molar-refractivity contribution in [3.8, 4) is 0 Å². The SMILES string of the molecule is CCc1ccc(CN(C)Cc2cccc(S(=O)(=O)N3CCOCC3)c2)cc1. The van der Waals surface area contributed by atoms with Crippen LogP contribution >= 0.6 is 0 Å². The van der Waals surface area contributed by atoms with E-state index in [9.17, 15) is 8.42 Å². The minimum Gasteiger partial charge on any atom is -0.379 e. The van der Waals surface area contributed by atoms with Crippen LogP contribution in [0.15, 0.2) is 53.4 Å². The first-order valence-electron chi connectivity index (χ1n) is 9.42. The van der Waals surface area contributed by atoms with Gasteiger partial charge in [0.05, 0.1) is 18.1 Å². The van der Waals surface area contributed by atoms with Gasteiger partial charge in [-0.15, -0.1) is 0 Å². The highest BCUT2D eigenvalue weighted by molar-refractivity contribution is 7.89. The van der Waals surface area contributed by atoms with Gasteiger partial charge in [0, 0.05) is 26.2 Å². The molecular formula is C21H28N2O3S. The Morgan fingerprint density at radius 2 is 1.59 bits per heavy atom. The van der Waals surface area contributed by atoms with E-state index in [-0.39, 0.29) is 0 Å². The van der Waals surface area contributed by atoms with Gasteiger partial charge in [-0.1, -0.05) is 43.3 Å². The smallest absolute Gasteiger partial charge is 0.243 e. The fourth-order valence-corrected chi connectivity index (χ4v) is 4.78. The predicted octanol–water partition coefficient (Wildman–Crippen LogP) is 2.90. The van der Waals surface area contributed by atoms with E-state index in [0.717, 1.165) is 18.5 Å². The van der Waals surface area contributed by atoms with Gasteiger partial charge in [-0.05, 0) is 42.3 Å². The van der Waals surface area contributed by atoms with E-state index in [1.165, 1.54) is 15.4 Å². The van der Waals surface area contributed by atoms with Crippen molar-refractivity contribution in [3.63, 3.8) is 0 Å². The van der Waals surface area contributed by atoms with Crippen LogP contribution in [-0.2, 0) is 34.3 Å². The third-order valence-electron chi connectivity index (χ3n) is 4.84. The maximum absolute atomic E-state index is 12.8. The summed E-state index contributed by atoms with van der Waals surface area (Å²) < 4.78 is 32.4. The Labute approximate surface area is 162 Å². The van der Waals surface area contributed by atoms with Gasteiger partial charge in [0.25, 0.3) is 0 Å². The first-order valence-corrected chi connectivity index (χ1v) is 10.9. The summed E-state index contributed by atoms with van der Waals surface area (Å²) in [4.78, 5) is 2.56. The predicted molar refractivity (Wildman–Crippen MR) is 107 cm³/mol. The summed E-state index contributed by atoms with van der Waals surface area (Å²) in [7, 11) is -1.40. The summed E-state index contributed by atoms with van der Waals surface area (Å²) in [5.74, 6) is 0. The minimum absolute atomic E-state index is 0.364. The molecule has 0 N–H and O–H groups in total. The number of hydrogen-bond donors (Lipinski definition) is 0. The molecule has 27 heavy (non-hydrogen) atoms. The number of benzene rings is 2. The van der Waals surface area contributed by atoms with Crippen molar-refractivity contribution in [1.82, 2.24) is 9.21 Å². The molecule has 0 atom stereocenters. The van der Waals surface area contributed by atoms with E-state index in [1.807, 2.05) is 12.1 Å². The molecule has 0 aliphatic carbocycles. The fraction of sp³-hybridized carbons (Fsp3) is 0.429. The van der Waals surface area contributed by atoms with E-state index >= 15 is 0 Å². The Bertz CT molecular complexity index is 844. The third-order valence-corrected chi connectivity index (χ3v) is 6.74. The standard InChI is InChI=1S/C21H28N2O3S/c1-3-18-7-9-19(10-8-18)16-22(2)17-20-5-4-6-21(15-20)27(24,25)23-11-13-26-14-12-23/h4-10,15H,3,11-14,16-17H2,1-2H3. The van der Waals surface area contributed by atoms with E-state index in [2.05, 4.69) is 43.1 Å². The second kappa shape index (κ2) is 8.97. The second-order valence-electron chi connectivity index (χ2n) is 7.01. The van der Waals surface area contributed by atoms with Crippen LogP contribution in [0.5, 0.6) is 0 Å². The van der Waals surface area contributed by atoms with Gasteiger partial charge in [0.15, 0.2) is 0 Å². The van der Waals surface area contributed by atoms with Crippen molar-refractivity contribution in [3.05, 3.63) is 65.2 Å². The summed E-state index contributed by atoms with van der Waals surface area (Å²) in [5.41, 5.74) is 3.59. The number of sulfonamides is 1. The molecule has 2 aromatic carbocycles. The molecule has 1 aliphatic rings. The number of ether oxygens (including phenoxy) is 1. The van der Waals surface area contributed by atoms with E-state index in [4.69, 9.17) is 4.74 Å². The topological polar surface area (TPSA) is 49.9 Å². The monoisotopic (exact) mass is 388 g/mol. The molecule has 6 heteroatoms. The lowest BCUT2D eigenvalue weighted by Crippen LogP contribution is -2.40. The van der Waals surface area contributed by atoms with Gasteiger partial charge in [0.1, 0.15) is 0 Å². The number of aryl methyl sites for hydroxylation is 1. The molecule has 1 aliphatic heterocycles. The van der Waals surface area contributed by atoms with Crippen LogP contribution in [0.4, 0.5) is 0 Å². The fourth-order valence-electron chi connectivity index (χ4n) is 3.30. The van der Waals surface area contributed by atoms with E-state index < -0.39 is 10.0 Å². The molecular weight excluding hydrogens is 360 g/mol. The van der Waals surface area contributed by atoms with Crippen molar-refractivity contribution in [1.29, 1.82) is 0 Å². The Balaban J connectivity index is 1.67. The first kappa shape index (κ1) is 20.0. The third kappa shape index (κ3) is 5.17. The molecule has 146 valence electrons. The van der Waals surface area contributed by atoms with Gasteiger partial charge in [-0.25, -0.2) is 8.42 Å². The van der Waals surface area contributed by atoms with Gasteiger partial charge in [-0.3, -0.25) is 4.90 Å². The lowest BCUT2D eigenvalue weighted by molar-refractivity contribution is 0.0730. The molecule has 0 radical (unpaired) electrons. The molecule has 3 rings (SSSR count). The van der Waals surface area contributed by atoms with Crippen molar-refractivity contribution in [2.75, 3.05) is 33.4 Å². The minimum atomic E-state index is -3.45. The van der Waals surface area contributed by atoms with E-state index in [0.29, 0.717) is 37.7 Å². The van der Waals surface area contributed by atoms with Crippen LogP contribution in [0.2, 0.25) is 0 Å². The number of morpholine rings is 1. The highest BCUT2D eigenvalue weighted by Crippen LogP contribution is 2.19. The van der Waals surface area contributed by atoms with Crippen molar-refractivity contribution >= 4 is 10.0 Å². The van der Waals surface area contributed by atoms with Gasteiger partial charge in [-0.2, -0.15) is 4.31 Å². The van der Waals surface area contributed by atoms with E-state index in [1.54, 1.807) is 12.1 Å². The summed E-state index contributed by atoms with van der Waals surface area (Å²) in [6, 6.07) is 15.9. The van der Waals surface area contributed by atoms with Gasteiger partial charge in [0.2, 0.25) is 10.0 Å². The largest absolute Gasteiger partial charge is 0.379 e. The summed E-state index contributed by atoms with van der Waals surface area (Å²) in [6.45, 7) is 5.42. The molecule has 1 fully saturated rings. The van der Waals surface area contributed by atoms with Crippen LogP contribution in [0.3, 0.4) is 0 Å². The van der Waals surface area contributed by atoms with Gasteiger partial charge >= 0.3 is 0 Å². The number of hydrogen-bond acceptors (Lipinski definition) is 4. The number of rotatable bonds is 7. The molecule has 0 spiro atoms. The molecule has 0 bridgehead atoms. The maximum atomic E-state index is 12.8. The quantitative estimate of drug-likeness (QED) is 0.732. The molecule has 2 aromatic rings. The molecule has 5 nitrogen and oxygen atoms in total. The van der Waals surface area contributed by atoms with Crippen LogP contribution in [-0.4, -0.2) is 51.0 Å². The van der Waals surface area contributed by atoms with Crippen LogP contribution in [0.25, 0.3) is 0 Å². The molecule has 1 saturated heterocycles. The van der Waals surface area contributed by atoms with Crippen LogP contribution in [0.1, 0.15) is 23.6 Å². The Morgan fingerprint density at radius 3 is 2.26 bits per heavy atom. The van der Waals surface area contributed by atoms with Crippen molar-refractivity contribution in [2.24, 2.45) is 0 Å².